The Kier molecular flexibility index (Phi) is 15.4. The van der Waals surface area contributed by atoms with Crippen LogP contribution in [0.15, 0.2) is 96.8 Å². The fourth-order valence-electron chi connectivity index (χ4n) is 8.98. The standard InChI is InChI=1S/C47H51N2O4.2Y/c1-7-46(8-2)40(48(28-26-42(50)51)38-24-20-34-30-32(5)18-22-36(34)44(38)46)16-14-12-11-13-15-17-41-47(9-3,10-4)45-37-23-19-33(6)31-35(37)21-25-39(45)49(41)29-27-43(52)53;;/h11-21,24-25,30-31H,7-10,26-29H2,1-6H3,(H,50,51)(H,52,53);;/q-1;;. The molecule has 6 rings (SSSR count). The van der Waals surface area contributed by atoms with Gasteiger partial charge in [-0.25, -0.2) is 4.58 Å². The van der Waals surface area contributed by atoms with E-state index >= 15 is 0 Å². The minimum Gasteiger partial charge on any atom is -0.481 e. The van der Waals surface area contributed by atoms with Crippen LogP contribution in [-0.2, 0) is 85.8 Å². The molecule has 4 aromatic carbocycles. The number of hydrogen-bond donors (Lipinski definition) is 2. The summed E-state index contributed by atoms with van der Waals surface area (Å²) in [5.41, 5.74) is 8.62. The number of hydrogen-bond acceptors (Lipinski definition) is 3. The van der Waals surface area contributed by atoms with Gasteiger partial charge in [0.2, 0.25) is 0 Å². The Labute approximate surface area is 376 Å². The number of rotatable bonds is 14. The molecule has 0 saturated carbocycles. The molecule has 0 amide bonds. The van der Waals surface area contributed by atoms with Gasteiger partial charge in [0.1, 0.15) is 6.42 Å². The fourth-order valence-corrected chi connectivity index (χ4v) is 8.98. The molecule has 2 radical (unpaired) electrons. The van der Waals surface area contributed by atoms with Gasteiger partial charge in [0.15, 0.2) is 17.9 Å². The second-order valence-corrected chi connectivity index (χ2v) is 14.4. The maximum absolute atomic E-state index is 11.8. The fraction of sp³-hybridized carbons (Fsp3) is 0.340. The summed E-state index contributed by atoms with van der Waals surface area (Å²) >= 11 is 0. The van der Waals surface area contributed by atoms with Crippen LogP contribution in [0.1, 0.15) is 88.5 Å². The SMILES string of the molecule is CCC1(CC)C(/C=C/C=C/C=C/C=C2/N(CCC(=O)O)c3ccc4cc(C)c[c-]c4c3C2(CC)CC)=[N+](CCC(=O)O)c2ccc3cc(C)c[c-]c3c21.[Y].[Y]. The quantitative estimate of drug-likeness (QED) is 0.0749. The van der Waals surface area contributed by atoms with Gasteiger partial charge in [-0.2, -0.15) is 0 Å². The first-order valence-electron chi connectivity index (χ1n) is 19.0. The molecular weight excluding hydrogens is 834 g/mol. The van der Waals surface area contributed by atoms with E-state index in [2.05, 4.69) is 124 Å². The van der Waals surface area contributed by atoms with Crippen LogP contribution in [0.3, 0.4) is 0 Å². The van der Waals surface area contributed by atoms with Gasteiger partial charge in [-0.15, -0.1) is 69.1 Å². The molecule has 0 aliphatic carbocycles. The summed E-state index contributed by atoms with van der Waals surface area (Å²) in [6.07, 6.45) is 18.1. The molecule has 0 fully saturated rings. The number of aryl methyl sites for hydroxylation is 2. The maximum Gasteiger partial charge on any atom is 0.309 e. The molecule has 2 aliphatic rings. The molecule has 0 spiro atoms. The van der Waals surface area contributed by atoms with Crippen LogP contribution < -0.4 is 4.90 Å². The Bertz CT molecular complexity index is 2240. The van der Waals surface area contributed by atoms with E-state index in [-0.39, 0.29) is 89.1 Å². The van der Waals surface area contributed by atoms with Crippen molar-refractivity contribution >= 4 is 50.6 Å². The molecular formula is C47H51N2O4Y2-. The van der Waals surface area contributed by atoms with Crippen LogP contribution in [0.5, 0.6) is 0 Å². The molecule has 2 heterocycles. The van der Waals surface area contributed by atoms with Crippen molar-refractivity contribution in [1.29, 1.82) is 0 Å². The van der Waals surface area contributed by atoms with Gasteiger partial charge < -0.3 is 15.1 Å². The largest absolute Gasteiger partial charge is 0.481 e. The normalized spacial score (nSPS) is 16.4. The number of benzene rings is 4. The third-order valence-corrected chi connectivity index (χ3v) is 11.7. The molecule has 8 heteroatoms. The van der Waals surface area contributed by atoms with E-state index < -0.39 is 11.9 Å². The molecule has 0 aromatic heterocycles. The number of carboxylic acid groups (broad SMARTS) is 2. The van der Waals surface area contributed by atoms with Crippen molar-refractivity contribution in [3.63, 3.8) is 0 Å². The van der Waals surface area contributed by atoms with Crippen LogP contribution in [0.2, 0.25) is 0 Å². The van der Waals surface area contributed by atoms with E-state index in [1.54, 1.807) is 0 Å². The van der Waals surface area contributed by atoms with Gasteiger partial charge >= 0.3 is 11.9 Å². The Hall–Kier alpha value is -3.02. The summed E-state index contributed by atoms with van der Waals surface area (Å²) < 4.78 is 2.20. The van der Waals surface area contributed by atoms with Crippen LogP contribution in [-0.4, -0.2) is 45.5 Å². The molecule has 55 heavy (non-hydrogen) atoms. The first-order chi connectivity index (χ1) is 25.5. The molecule has 0 atom stereocenters. The smallest absolute Gasteiger partial charge is 0.309 e. The van der Waals surface area contributed by atoms with Crippen LogP contribution >= 0.6 is 0 Å². The van der Waals surface area contributed by atoms with Gasteiger partial charge in [-0.05, 0) is 43.4 Å². The Morgan fingerprint density at radius 2 is 1.27 bits per heavy atom. The summed E-state index contributed by atoms with van der Waals surface area (Å²) in [5.74, 6) is -1.63. The zero-order chi connectivity index (χ0) is 37.9. The average Bonchev–Trinajstić information content (AvgIpc) is 3.58. The second-order valence-electron chi connectivity index (χ2n) is 14.4. The van der Waals surface area contributed by atoms with Gasteiger partial charge in [-0.3, -0.25) is 9.59 Å². The zero-order valence-corrected chi connectivity index (χ0v) is 38.8. The first-order valence-corrected chi connectivity index (χ1v) is 19.0. The first kappa shape index (κ1) is 44.7. The van der Waals surface area contributed by atoms with E-state index in [1.165, 1.54) is 11.1 Å². The second kappa shape index (κ2) is 18.9. The van der Waals surface area contributed by atoms with Gasteiger partial charge in [0.05, 0.1) is 11.8 Å². The topological polar surface area (TPSA) is 80.9 Å². The van der Waals surface area contributed by atoms with E-state index in [0.29, 0.717) is 13.1 Å². The number of aliphatic carboxylic acids is 2. The minimum atomic E-state index is -0.814. The predicted molar refractivity (Wildman–Crippen MR) is 217 cm³/mol. The molecule has 0 unspecified atom stereocenters. The third kappa shape index (κ3) is 8.36. The Balaban J connectivity index is 0.00000336. The van der Waals surface area contributed by atoms with Gasteiger partial charge in [0, 0.05) is 94.8 Å². The van der Waals surface area contributed by atoms with Crippen LogP contribution in [0, 0.1) is 26.0 Å². The molecule has 4 aromatic rings. The summed E-state index contributed by atoms with van der Waals surface area (Å²) in [7, 11) is 0. The number of nitrogens with zero attached hydrogens (tertiary/aromatic N) is 2. The summed E-state index contributed by atoms with van der Waals surface area (Å²) in [4.78, 5) is 25.7. The van der Waals surface area contributed by atoms with E-state index in [9.17, 15) is 19.8 Å². The number of carboxylic acids is 2. The Morgan fingerprint density at radius 3 is 1.85 bits per heavy atom. The zero-order valence-electron chi connectivity index (χ0n) is 33.1. The molecule has 6 nitrogen and oxygen atoms in total. The van der Waals surface area contributed by atoms with E-state index in [0.717, 1.165) is 81.1 Å². The van der Waals surface area contributed by atoms with Gasteiger partial charge in [-0.1, -0.05) is 95.7 Å². The molecule has 280 valence electrons. The van der Waals surface area contributed by atoms with E-state index in [1.807, 2.05) is 30.4 Å². The minimum absolute atomic E-state index is 0. The van der Waals surface area contributed by atoms with Crippen molar-refractivity contribution in [2.75, 3.05) is 18.0 Å². The van der Waals surface area contributed by atoms with Crippen LogP contribution in [0.4, 0.5) is 11.4 Å². The maximum atomic E-state index is 11.8. The molecule has 2 aliphatic heterocycles. The number of anilines is 1. The van der Waals surface area contributed by atoms with Crippen molar-refractivity contribution in [2.45, 2.75) is 90.9 Å². The Morgan fingerprint density at radius 1 is 0.727 bits per heavy atom. The van der Waals surface area contributed by atoms with Crippen molar-refractivity contribution in [3.05, 3.63) is 131 Å². The summed E-state index contributed by atoms with van der Waals surface area (Å²) in [6, 6.07) is 24.2. The monoisotopic (exact) mass is 885 g/mol. The number of fused-ring (bicyclic) bond motifs is 6. The van der Waals surface area contributed by atoms with Crippen LogP contribution in [0.25, 0.3) is 21.5 Å². The van der Waals surface area contributed by atoms with Crippen molar-refractivity contribution in [1.82, 2.24) is 0 Å². The van der Waals surface area contributed by atoms with Crippen molar-refractivity contribution in [3.8, 4) is 0 Å². The van der Waals surface area contributed by atoms with Gasteiger partial charge in [0.25, 0.3) is 0 Å². The molecule has 2 N–H and O–H groups in total. The van der Waals surface area contributed by atoms with Crippen molar-refractivity contribution < 1.29 is 89.8 Å². The molecule has 0 saturated heterocycles. The van der Waals surface area contributed by atoms with E-state index in [4.69, 9.17) is 0 Å². The van der Waals surface area contributed by atoms with Crippen molar-refractivity contribution in [2.24, 2.45) is 0 Å². The summed E-state index contributed by atoms with van der Waals surface area (Å²) in [5, 5.41) is 23.8. The predicted octanol–water partition coefficient (Wildman–Crippen LogP) is 10.4. The number of carbonyl (C=O) groups is 2. The molecule has 0 bridgehead atoms. The average molecular weight is 886 g/mol. The number of allylic oxidation sites excluding steroid dienone is 8. The third-order valence-electron chi connectivity index (χ3n) is 11.7. The summed E-state index contributed by atoms with van der Waals surface area (Å²) in [6.45, 7) is 13.8.